The van der Waals surface area contributed by atoms with E-state index in [-0.39, 0.29) is 44.2 Å². The first-order valence-corrected chi connectivity index (χ1v) is 7.47. The summed E-state index contributed by atoms with van der Waals surface area (Å²) in [6, 6.07) is -0.0115. The Hall–Kier alpha value is -1.79. The quantitative estimate of drug-likeness (QED) is 0.677. The highest BCUT2D eigenvalue weighted by molar-refractivity contribution is 5.82. The van der Waals surface area contributed by atoms with Crippen LogP contribution in [-0.2, 0) is 14.3 Å². The van der Waals surface area contributed by atoms with Gasteiger partial charge in [-0.1, -0.05) is 0 Å². The summed E-state index contributed by atoms with van der Waals surface area (Å²) in [5.74, 6) is -1.33. The van der Waals surface area contributed by atoms with Crippen molar-refractivity contribution in [2.75, 3.05) is 19.7 Å². The van der Waals surface area contributed by atoms with Gasteiger partial charge in [0.25, 0.3) is 0 Å². The minimum Gasteiger partial charge on any atom is -0.481 e. The molecule has 0 spiro atoms. The molecule has 0 heterocycles. The van der Waals surface area contributed by atoms with E-state index in [1.54, 1.807) is 11.8 Å². The first-order valence-electron chi connectivity index (χ1n) is 7.47. The van der Waals surface area contributed by atoms with Gasteiger partial charge in [-0.05, 0) is 32.6 Å². The van der Waals surface area contributed by atoms with Crippen molar-refractivity contribution in [3.63, 3.8) is 0 Å². The third kappa shape index (κ3) is 4.61. The highest BCUT2D eigenvalue weighted by Crippen LogP contribution is 2.32. The van der Waals surface area contributed by atoms with Crippen molar-refractivity contribution in [1.29, 1.82) is 0 Å². The van der Waals surface area contributed by atoms with Gasteiger partial charge in [0.2, 0.25) is 0 Å². The van der Waals surface area contributed by atoms with Gasteiger partial charge in [0.1, 0.15) is 6.54 Å². The van der Waals surface area contributed by atoms with Gasteiger partial charge in [-0.25, -0.2) is 4.79 Å². The second kappa shape index (κ2) is 6.78. The number of carboxylic acid groups (broad SMARTS) is 1. The molecule has 7 heteroatoms. The standard InChI is InChI=1S/C14H22N2O5/c1-2-21-13(19)9-16(11-5-6-11)14(20)15(10-3-4-10)8-7-12(17)18/h10-11H,2-9H2,1H3,(H,17,18). The zero-order chi connectivity index (χ0) is 15.4. The van der Waals surface area contributed by atoms with Crippen LogP contribution < -0.4 is 0 Å². The van der Waals surface area contributed by atoms with Crippen molar-refractivity contribution in [3.8, 4) is 0 Å². The molecule has 2 saturated carbocycles. The molecular formula is C14H22N2O5. The number of esters is 1. The third-order valence-corrected chi connectivity index (χ3v) is 3.64. The number of urea groups is 1. The molecule has 0 aromatic carbocycles. The minimum atomic E-state index is -0.920. The molecule has 2 rings (SSSR count). The van der Waals surface area contributed by atoms with E-state index in [2.05, 4.69) is 0 Å². The molecule has 118 valence electrons. The SMILES string of the molecule is CCOC(=O)CN(C(=O)N(CCC(=O)O)C1CC1)C1CC1. The van der Waals surface area contributed by atoms with E-state index < -0.39 is 11.9 Å². The van der Waals surface area contributed by atoms with Crippen LogP contribution in [0.25, 0.3) is 0 Å². The first-order chi connectivity index (χ1) is 10.0. The fraction of sp³-hybridized carbons (Fsp3) is 0.786. The number of hydrogen-bond acceptors (Lipinski definition) is 4. The lowest BCUT2D eigenvalue weighted by Gasteiger charge is -2.30. The van der Waals surface area contributed by atoms with Gasteiger partial charge in [-0.3, -0.25) is 9.59 Å². The molecule has 2 fully saturated rings. The smallest absolute Gasteiger partial charge is 0.325 e. The van der Waals surface area contributed by atoms with Gasteiger partial charge in [0, 0.05) is 18.6 Å². The number of rotatable bonds is 8. The maximum Gasteiger partial charge on any atom is 0.325 e. The van der Waals surface area contributed by atoms with E-state index in [1.165, 1.54) is 4.90 Å². The highest BCUT2D eigenvalue weighted by atomic mass is 16.5. The average Bonchev–Trinajstić information content (AvgIpc) is 3.26. The number of ether oxygens (including phenoxy) is 1. The molecular weight excluding hydrogens is 276 g/mol. The van der Waals surface area contributed by atoms with Crippen molar-refractivity contribution in [1.82, 2.24) is 9.80 Å². The zero-order valence-electron chi connectivity index (χ0n) is 12.3. The second-order valence-corrected chi connectivity index (χ2v) is 5.51. The van der Waals surface area contributed by atoms with Crippen LogP contribution in [0, 0.1) is 0 Å². The van der Waals surface area contributed by atoms with E-state index in [0.717, 1.165) is 25.7 Å². The van der Waals surface area contributed by atoms with Crippen LogP contribution in [-0.4, -0.2) is 64.7 Å². The van der Waals surface area contributed by atoms with Crippen molar-refractivity contribution < 1.29 is 24.2 Å². The van der Waals surface area contributed by atoms with Crippen molar-refractivity contribution in [2.45, 2.75) is 51.1 Å². The molecule has 0 aliphatic heterocycles. The molecule has 0 radical (unpaired) electrons. The lowest BCUT2D eigenvalue weighted by molar-refractivity contribution is -0.144. The molecule has 2 amide bonds. The van der Waals surface area contributed by atoms with Gasteiger partial charge < -0.3 is 19.6 Å². The number of hydrogen-bond donors (Lipinski definition) is 1. The Morgan fingerprint density at radius 1 is 1.10 bits per heavy atom. The summed E-state index contributed by atoms with van der Waals surface area (Å²) in [6.45, 7) is 2.17. The molecule has 21 heavy (non-hydrogen) atoms. The lowest BCUT2D eigenvalue weighted by Crippen LogP contribution is -2.48. The summed E-state index contributed by atoms with van der Waals surface area (Å²) in [7, 11) is 0. The van der Waals surface area contributed by atoms with Crippen molar-refractivity contribution >= 4 is 18.0 Å². The summed E-state index contributed by atoms with van der Waals surface area (Å²) in [6.07, 6.45) is 3.53. The fourth-order valence-corrected chi connectivity index (χ4v) is 2.29. The number of carboxylic acids is 1. The van der Waals surface area contributed by atoms with Crippen LogP contribution in [0.1, 0.15) is 39.0 Å². The largest absolute Gasteiger partial charge is 0.481 e. The fourth-order valence-electron chi connectivity index (χ4n) is 2.29. The van der Waals surface area contributed by atoms with Crippen LogP contribution in [0.2, 0.25) is 0 Å². The Morgan fingerprint density at radius 3 is 2.14 bits per heavy atom. The zero-order valence-corrected chi connectivity index (χ0v) is 12.3. The third-order valence-electron chi connectivity index (χ3n) is 3.64. The van der Waals surface area contributed by atoms with Gasteiger partial charge in [0.05, 0.1) is 13.0 Å². The minimum absolute atomic E-state index is 0.0480. The molecule has 2 aliphatic rings. The van der Waals surface area contributed by atoms with Crippen LogP contribution in [0.3, 0.4) is 0 Å². The van der Waals surface area contributed by atoms with Gasteiger partial charge >= 0.3 is 18.0 Å². The van der Waals surface area contributed by atoms with Crippen LogP contribution >= 0.6 is 0 Å². The molecule has 0 saturated heterocycles. The Labute approximate surface area is 123 Å². The summed E-state index contributed by atoms with van der Waals surface area (Å²) in [5, 5.41) is 8.80. The molecule has 2 aliphatic carbocycles. The number of carbonyl (C=O) groups is 3. The average molecular weight is 298 g/mol. The number of nitrogens with zero attached hydrogens (tertiary/aromatic N) is 2. The van der Waals surface area contributed by atoms with Gasteiger partial charge in [-0.2, -0.15) is 0 Å². The van der Waals surface area contributed by atoms with Crippen molar-refractivity contribution in [2.24, 2.45) is 0 Å². The monoisotopic (exact) mass is 298 g/mol. The van der Waals surface area contributed by atoms with E-state index in [4.69, 9.17) is 9.84 Å². The normalized spacial score (nSPS) is 17.2. The molecule has 0 atom stereocenters. The molecule has 7 nitrogen and oxygen atoms in total. The topological polar surface area (TPSA) is 87.2 Å². The summed E-state index contributed by atoms with van der Waals surface area (Å²) >= 11 is 0. The van der Waals surface area contributed by atoms with Crippen LogP contribution in [0.15, 0.2) is 0 Å². The summed E-state index contributed by atoms with van der Waals surface area (Å²) in [4.78, 5) is 38.1. The summed E-state index contributed by atoms with van der Waals surface area (Å²) in [5.41, 5.74) is 0. The van der Waals surface area contributed by atoms with Gasteiger partial charge in [0.15, 0.2) is 0 Å². The van der Waals surface area contributed by atoms with Gasteiger partial charge in [-0.15, -0.1) is 0 Å². The van der Waals surface area contributed by atoms with E-state index in [0.29, 0.717) is 0 Å². The number of amides is 2. The maximum absolute atomic E-state index is 12.6. The van der Waals surface area contributed by atoms with Crippen LogP contribution in [0.5, 0.6) is 0 Å². The van der Waals surface area contributed by atoms with E-state index in [1.807, 2.05) is 0 Å². The Bertz CT molecular complexity index is 418. The first kappa shape index (κ1) is 15.6. The molecule has 1 N–H and O–H groups in total. The van der Waals surface area contributed by atoms with Crippen molar-refractivity contribution in [3.05, 3.63) is 0 Å². The molecule has 0 unspecified atom stereocenters. The Kier molecular flexibility index (Phi) is 5.03. The molecule has 0 aromatic rings. The Morgan fingerprint density at radius 2 is 1.67 bits per heavy atom. The maximum atomic E-state index is 12.6. The summed E-state index contributed by atoms with van der Waals surface area (Å²) < 4.78 is 4.91. The van der Waals surface area contributed by atoms with E-state index in [9.17, 15) is 14.4 Å². The predicted molar refractivity (Wildman–Crippen MR) is 73.7 cm³/mol. The molecule has 0 bridgehead atoms. The second-order valence-electron chi connectivity index (χ2n) is 5.51. The highest BCUT2D eigenvalue weighted by Gasteiger charge is 2.40. The van der Waals surface area contributed by atoms with Crippen LogP contribution in [0.4, 0.5) is 4.79 Å². The number of carbonyl (C=O) groups excluding carboxylic acids is 2. The van der Waals surface area contributed by atoms with E-state index >= 15 is 0 Å². The lowest BCUT2D eigenvalue weighted by atomic mass is 10.3. The predicted octanol–water partition coefficient (Wildman–Crippen LogP) is 1.07. The number of aliphatic carboxylic acids is 1. The Balaban J connectivity index is 1.97. The molecule has 0 aromatic heterocycles.